The fourth-order valence-electron chi connectivity index (χ4n) is 4.25. The quantitative estimate of drug-likeness (QED) is 0.524. The van der Waals surface area contributed by atoms with Crippen LogP contribution in [0.15, 0.2) is 18.2 Å². The van der Waals surface area contributed by atoms with Gasteiger partial charge in [-0.2, -0.15) is 0 Å². The zero-order chi connectivity index (χ0) is 24.7. The number of fused-ring (bicyclic) bond motifs is 3. The van der Waals surface area contributed by atoms with Crippen LogP contribution in [0.25, 0.3) is 11.3 Å². The summed E-state index contributed by atoms with van der Waals surface area (Å²) in [5.41, 5.74) is 2.90. The van der Waals surface area contributed by atoms with E-state index in [1.807, 2.05) is 13.8 Å². The lowest BCUT2D eigenvalue weighted by Gasteiger charge is -2.33. The molecule has 1 aromatic carbocycles. The Labute approximate surface area is 192 Å². The highest BCUT2D eigenvalue weighted by molar-refractivity contribution is 7.90. The maximum atomic E-state index is 14.2. The smallest absolute Gasteiger partial charge is 0.305 e. The number of carboxylic acid groups (broad SMARTS) is 1. The first-order valence-corrected chi connectivity index (χ1v) is 12.7. The van der Waals surface area contributed by atoms with Gasteiger partial charge in [-0.3, -0.25) is 4.79 Å². The molecule has 0 saturated heterocycles. The Morgan fingerprint density at radius 3 is 2.45 bits per heavy atom. The number of sulfone groups is 1. The van der Waals surface area contributed by atoms with Gasteiger partial charge >= 0.3 is 5.97 Å². The minimum atomic E-state index is -3.46. The zero-order valence-corrected chi connectivity index (χ0v) is 19.8. The first-order chi connectivity index (χ1) is 15.3. The van der Waals surface area contributed by atoms with Crippen LogP contribution in [0.1, 0.15) is 73.3 Å². The second-order valence-corrected chi connectivity index (χ2v) is 11.4. The van der Waals surface area contributed by atoms with Gasteiger partial charge in [-0.05, 0) is 43.0 Å². The van der Waals surface area contributed by atoms with Crippen molar-refractivity contribution in [1.29, 1.82) is 0 Å². The Kier molecular flexibility index (Phi) is 7.21. The van der Waals surface area contributed by atoms with E-state index in [-0.39, 0.29) is 24.6 Å². The second-order valence-electron chi connectivity index (χ2n) is 9.02. The number of rotatable bonds is 8. The molecule has 0 aliphatic heterocycles. The van der Waals surface area contributed by atoms with Crippen molar-refractivity contribution >= 4 is 15.8 Å². The maximum absolute atomic E-state index is 14.2. The van der Waals surface area contributed by atoms with Gasteiger partial charge in [0.05, 0.1) is 30.0 Å². The van der Waals surface area contributed by atoms with Crippen LogP contribution < -0.4 is 0 Å². The molecule has 0 fully saturated rings. The predicted octanol–water partition coefficient (Wildman–Crippen LogP) is 2.74. The Morgan fingerprint density at radius 1 is 1.21 bits per heavy atom. The second kappa shape index (κ2) is 9.44. The van der Waals surface area contributed by atoms with Crippen LogP contribution in [0.5, 0.6) is 0 Å². The fraction of sp³-hybridized carbons (Fsp3) is 0.522. The number of hydrogen-bond acceptors (Lipinski definition) is 7. The Balaban J connectivity index is 2.15. The van der Waals surface area contributed by atoms with Gasteiger partial charge in [-0.15, -0.1) is 0 Å². The molecule has 33 heavy (non-hydrogen) atoms. The molecule has 1 aliphatic rings. The van der Waals surface area contributed by atoms with Gasteiger partial charge in [0.2, 0.25) is 0 Å². The number of benzene rings is 1. The number of carboxylic acids is 1. The van der Waals surface area contributed by atoms with Gasteiger partial charge in [-0.1, -0.05) is 13.8 Å². The third-order valence-electron chi connectivity index (χ3n) is 6.09. The van der Waals surface area contributed by atoms with E-state index < -0.39 is 51.4 Å². The Morgan fingerprint density at radius 2 is 1.88 bits per heavy atom. The van der Waals surface area contributed by atoms with Crippen molar-refractivity contribution in [3.05, 3.63) is 46.7 Å². The van der Waals surface area contributed by atoms with E-state index in [4.69, 9.17) is 5.11 Å². The summed E-state index contributed by atoms with van der Waals surface area (Å²) in [5.74, 6) is -2.23. The van der Waals surface area contributed by atoms with Crippen molar-refractivity contribution in [3.8, 4) is 11.3 Å². The summed E-state index contributed by atoms with van der Waals surface area (Å²) < 4.78 is 38.5. The Hall–Kier alpha value is -2.43. The van der Waals surface area contributed by atoms with Crippen LogP contribution in [0.2, 0.25) is 0 Å². The van der Waals surface area contributed by atoms with Crippen LogP contribution in [0.3, 0.4) is 0 Å². The third-order valence-corrected chi connectivity index (χ3v) is 7.58. The molecule has 0 radical (unpaired) electrons. The average molecular weight is 481 g/mol. The minimum absolute atomic E-state index is 0.0790. The number of aromatic nitrogens is 2. The molecule has 0 saturated carbocycles. The molecule has 3 unspecified atom stereocenters. The van der Waals surface area contributed by atoms with Crippen molar-refractivity contribution in [3.63, 3.8) is 0 Å². The summed E-state index contributed by atoms with van der Waals surface area (Å²) in [6.07, 6.45) is -1.73. The highest BCUT2D eigenvalue weighted by Crippen LogP contribution is 2.44. The summed E-state index contributed by atoms with van der Waals surface area (Å²) in [6.45, 7) is 5.35. The monoisotopic (exact) mass is 480 g/mol. The third kappa shape index (κ3) is 5.39. The summed E-state index contributed by atoms with van der Waals surface area (Å²) in [6, 6.07) is 4.11. The number of aliphatic hydroxyl groups excluding tert-OH is 2. The molecule has 4 atom stereocenters. The molecule has 1 heterocycles. The molecule has 8 nitrogen and oxygen atoms in total. The van der Waals surface area contributed by atoms with Gasteiger partial charge in [0.15, 0.2) is 9.84 Å². The predicted molar refractivity (Wildman–Crippen MR) is 120 cm³/mol. The number of nitrogens with zero attached hydrogens (tertiary/aromatic N) is 2. The van der Waals surface area contributed by atoms with Crippen LogP contribution in [-0.4, -0.2) is 58.1 Å². The van der Waals surface area contributed by atoms with Gasteiger partial charge in [0, 0.05) is 29.7 Å². The standard InChI is InChI=1S/C23H29FN2O6S/c1-11(2)21-18-10-17(19(28)8-14(27)9-20(29)30)16-7-13(24)5-6-15(16)22(18)26-23(25-21)12(3)33(4,31)32/h5-7,11-12,14,17,19,27-28H,8-10H2,1-4H3,(H,29,30)/t12?,14-,17?,19?/m0/s1. The van der Waals surface area contributed by atoms with Crippen molar-refractivity contribution in [2.24, 2.45) is 0 Å². The van der Waals surface area contributed by atoms with Gasteiger partial charge in [0.25, 0.3) is 0 Å². The van der Waals surface area contributed by atoms with Crippen LogP contribution in [-0.2, 0) is 21.1 Å². The zero-order valence-electron chi connectivity index (χ0n) is 19.0. The summed E-state index contributed by atoms with van der Waals surface area (Å²) in [7, 11) is -3.46. The minimum Gasteiger partial charge on any atom is -0.481 e. The number of aliphatic hydroxyl groups is 2. The van der Waals surface area contributed by atoms with Gasteiger partial charge in [0.1, 0.15) is 16.9 Å². The van der Waals surface area contributed by atoms with E-state index in [1.165, 1.54) is 19.1 Å². The number of halogens is 1. The molecule has 1 aliphatic carbocycles. The number of hydrogen-bond donors (Lipinski definition) is 3. The Bertz CT molecular complexity index is 1170. The normalized spacial score (nSPS) is 18.4. The van der Waals surface area contributed by atoms with E-state index in [0.29, 0.717) is 22.5 Å². The molecule has 3 rings (SSSR count). The van der Waals surface area contributed by atoms with Crippen LogP contribution in [0, 0.1) is 5.82 Å². The van der Waals surface area contributed by atoms with E-state index >= 15 is 0 Å². The molecule has 0 spiro atoms. The summed E-state index contributed by atoms with van der Waals surface area (Å²) in [4.78, 5) is 20.0. The van der Waals surface area contributed by atoms with Gasteiger partial charge < -0.3 is 15.3 Å². The first kappa shape index (κ1) is 25.2. The maximum Gasteiger partial charge on any atom is 0.305 e. The summed E-state index contributed by atoms with van der Waals surface area (Å²) >= 11 is 0. The molecule has 0 bridgehead atoms. The van der Waals surface area contributed by atoms with Crippen LogP contribution in [0.4, 0.5) is 4.39 Å². The number of aliphatic carboxylic acids is 1. The SMILES string of the molecule is CC(C)c1nc(C(C)S(C)(=O)=O)nc2c1CC(C(O)C[C@H](O)CC(=O)O)c1cc(F)ccc1-2. The van der Waals surface area contributed by atoms with Crippen molar-refractivity contribution in [1.82, 2.24) is 9.97 Å². The van der Waals surface area contributed by atoms with E-state index in [9.17, 15) is 27.8 Å². The number of carbonyl (C=O) groups is 1. The molecule has 2 aromatic rings. The van der Waals surface area contributed by atoms with E-state index in [2.05, 4.69) is 9.97 Å². The van der Waals surface area contributed by atoms with Crippen molar-refractivity contribution in [2.45, 2.75) is 69.3 Å². The van der Waals surface area contributed by atoms with Crippen LogP contribution >= 0.6 is 0 Å². The molecule has 0 amide bonds. The summed E-state index contributed by atoms with van der Waals surface area (Å²) in [5, 5.41) is 28.9. The lowest BCUT2D eigenvalue weighted by Crippen LogP contribution is -2.30. The molecule has 180 valence electrons. The first-order valence-electron chi connectivity index (χ1n) is 10.8. The molecule has 1 aromatic heterocycles. The highest BCUT2D eigenvalue weighted by Gasteiger charge is 2.35. The molecular formula is C23H29FN2O6S. The topological polar surface area (TPSA) is 138 Å². The van der Waals surface area contributed by atoms with Crippen molar-refractivity contribution in [2.75, 3.05) is 6.26 Å². The lowest BCUT2D eigenvalue weighted by atomic mass is 9.75. The van der Waals surface area contributed by atoms with Crippen molar-refractivity contribution < 1.29 is 32.9 Å². The van der Waals surface area contributed by atoms with E-state index in [0.717, 1.165) is 11.8 Å². The largest absolute Gasteiger partial charge is 0.481 e. The lowest BCUT2D eigenvalue weighted by molar-refractivity contribution is -0.139. The van der Waals surface area contributed by atoms with Gasteiger partial charge in [-0.25, -0.2) is 22.8 Å². The fourth-order valence-corrected chi connectivity index (χ4v) is 4.74. The average Bonchev–Trinajstić information content (AvgIpc) is 2.69. The van der Waals surface area contributed by atoms with E-state index in [1.54, 1.807) is 6.07 Å². The molecule has 3 N–H and O–H groups in total. The molecular weight excluding hydrogens is 451 g/mol. The highest BCUT2D eigenvalue weighted by atomic mass is 32.2. The molecule has 10 heteroatoms.